The van der Waals surface area contributed by atoms with E-state index in [1.807, 2.05) is 6.92 Å². The molecule has 0 radical (unpaired) electrons. The van der Waals surface area contributed by atoms with E-state index in [1.54, 1.807) is 19.2 Å². The summed E-state index contributed by atoms with van der Waals surface area (Å²) in [4.78, 5) is 11.6. The predicted octanol–water partition coefficient (Wildman–Crippen LogP) is 1.76. The van der Waals surface area contributed by atoms with Crippen molar-refractivity contribution in [1.29, 1.82) is 0 Å². The number of rotatable bonds is 7. The summed E-state index contributed by atoms with van der Waals surface area (Å²) >= 11 is 0. The van der Waals surface area contributed by atoms with Gasteiger partial charge in [-0.25, -0.2) is 4.39 Å². The molecule has 2 atom stereocenters. The van der Waals surface area contributed by atoms with Crippen molar-refractivity contribution in [3.05, 3.63) is 35.6 Å². The molecular formula is C14H21FN2O2. The number of ether oxygens (including phenoxy) is 1. The van der Waals surface area contributed by atoms with Crippen molar-refractivity contribution >= 4 is 5.91 Å². The van der Waals surface area contributed by atoms with E-state index in [0.717, 1.165) is 5.56 Å². The SMILES string of the molecule is COC(CNC(=O)CCC(C)N)c1ccc(F)cc1. The Bertz CT molecular complexity index is 393. The van der Waals surface area contributed by atoms with E-state index in [1.165, 1.54) is 12.1 Å². The second-order valence-corrected chi connectivity index (χ2v) is 4.60. The Morgan fingerprint density at radius 3 is 2.58 bits per heavy atom. The molecule has 0 aliphatic heterocycles. The number of halogens is 1. The minimum atomic E-state index is -0.292. The van der Waals surface area contributed by atoms with Gasteiger partial charge in [-0.3, -0.25) is 4.79 Å². The van der Waals surface area contributed by atoms with Crippen molar-refractivity contribution < 1.29 is 13.9 Å². The number of amides is 1. The van der Waals surface area contributed by atoms with Crippen LogP contribution < -0.4 is 11.1 Å². The maximum absolute atomic E-state index is 12.8. The number of carbonyl (C=O) groups is 1. The highest BCUT2D eigenvalue weighted by Gasteiger charge is 2.12. The van der Waals surface area contributed by atoms with Crippen molar-refractivity contribution in [2.45, 2.75) is 31.9 Å². The van der Waals surface area contributed by atoms with Gasteiger partial charge in [0.05, 0.1) is 6.10 Å². The van der Waals surface area contributed by atoms with Crippen LogP contribution in [-0.2, 0) is 9.53 Å². The van der Waals surface area contributed by atoms with Gasteiger partial charge in [-0.1, -0.05) is 12.1 Å². The lowest BCUT2D eigenvalue weighted by atomic mass is 10.1. The maximum atomic E-state index is 12.8. The molecule has 19 heavy (non-hydrogen) atoms. The van der Waals surface area contributed by atoms with Crippen molar-refractivity contribution in [2.24, 2.45) is 5.73 Å². The Kier molecular flexibility index (Phi) is 6.45. The van der Waals surface area contributed by atoms with Crippen LogP contribution in [-0.4, -0.2) is 25.6 Å². The molecule has 0 aliphatic carbocycles. The van der Waals surface area contributed by atoms with E-state index in [2.05, 4.69) is 5.32 Å². The molecule has 3 N–H and O–H groups in total. The van der Waals surface area contributed by atoms with Crippen LogP contribution in [0.15, 0.2) is 24.3 Å². The maximum Gasteiger partial charge on any atom is 0.220 e. The molecule has 4 nitrogen and oxygen atoms in total. The third-order valence-corrected chi connectivity index (χ3v) is 2.84. The molecule has 1 aromatic rings. The predicted molar refractivity (Wildman–Crippen MR) is 72.0 cm³/mol. The lowest BCUT2D eigenvalue weighted by Crippen LogP contribution is -2.30. The molecule has 0 aliphatic rings. The minimum Gasteiger partial charge on any atom is -0.375 e. The van der Waals surface area contributed by atoms with Crippen molar-refractivity contribution in [2.75, 3.05) is 13.7 Å². The first kappa shape index (κ1) is 15.6. The number of nitrogens with one attached hydrogen (secondary N) is 1. The molecule has 0 bridgehead atoms. The van der Waals surface area contributed by atoms with E-state index in [9.17, 15) is 9.18 Å². The molecule has 0 aromatic heterocycles. The second-order valence-electron chi connectivity index (χ2n) is 4.60. The molecule has 0 spiro atoms. The molecule has 1 rings (SSSR count). The Labute approximate surface area is 113 Å². The third kappa shape index (κ3) is 5.81. The summed E-state index contributed by atoms with van der Waals surface area (Å²) in [6.07, 6.45) is 0.775. The lowest BCUT2D eigenvalue weighted by molar-refractivity contribution is -0.121. The first-order valence-electron chi connectivity index (χ1n) is 6.33. The highest BCUT2D eigenvalue weighted by molar-refractivity contribution is 5.75. The van der Waals surface area contributed by atoms with Crippen LogP contribution in [0.5, 0.6) is 0 Å². The average molecular weight is 268 g/mol. The van der Waals surface area contributed by atoms with Gasteiger partial charge < -0.3 is 15.8 Å². The number of carbonyl (C=O) groups excluding carboxylic acids is 1. The number of nitrogens with two attached hydrogens (primary N) is 1. The van der Waals surface area contributed by atoms with Crippen LogP contribution in [0.25, 0.3) is 0 Å². The van der Waals surface area contributed by atoms with Gasteiger partial charge in [-0.2, -0.15) is 0 Å². The molecule has 0 saturated carbocycles. The Hall–Kier alpha value is -1.46. The van der Waals surface area contributed by atoms with Crippen LogP contribution in [0.3, 0.4) is 0 Å². The summed E-state index contributed by atoms with van der Waals surface area (Å²) in [6, 6.07) is 6.06. The zero-order chi connectivity index (χ0) is 14.3. The van der Waals surface area contributed by atoms with Gasteiger partial charge in [0.1, 0.15) is 5.82 Å². The van der Waals surface area contributed by atoms with Crippen LogP contribution in [0.4, 0.5) is 4.39 Å². The van der Waals surface area contributed by atoms with Crippen molar-refractivity contribution in [1.82, 2.24) is 5.32 Å². The molecule has 5 heteroatoms. The van der Waals surface area contributed by atoms with E-state index in [-0.39, 0.29) is 23.9 Å². The molecule has 2 unspecified atom stereocenters. The first-order chi connectivity index (χ1) is 9.02. The molecule has 1 aromatic carbocycles. The van der Waals surface area contributed by atoms with E-state index >= 15 is 0 Å². The smallest absolute Gasteiger partial charge is 0.220 e. The summed E-state index contributed by atoms with van der Waals surface area (Å²) in [5.74, 6) is -0.346. The van der Waals surface area contributed by atoms with Gasteiger partial charge in [-0.15, -0.1) is 0 Å². The van der Waals surface area contributed by atoms with Crippen LogP contribution in [0.2, 0.25) is 0 Å². The highest BCUT2D eigenvalue weighted by atomic mass is 19.1. The fourth-order valence-corrected chi connectivity index (χ4v) is 1.67. The zero-order valence-electron chi connectivity index (χ0n) is 11.4. The Morgan fingerprint density at radius 1 is 1.42 bits per heavy atom. The normalized spacial score (nSPS) is 13.9. The summed E-state index contributed by atoms with van der Waals surface area (Å²) < 4.78 is 18.1. The highest BCUT2D eigenvalue weighted by Crippen LogP contribution is 2.16. The fourth-order valence-electron chi connectivity index (χ4n) is 1.67. The number of benzene rings is 1. The standard InChI is InChI=1S/C14H21FN2O2/c1-10(16)3-8-14(18)17-9-13(19-2)11-4-6-12(15)7-5-11/h4-7,10,13H,3,8-9,16H2,1-2H3,(H,17,18). The van der Waals surface area contributed by atoms with Crippen molar-refractivity contribution in [3.8, 4) is 0 Å². The summed E-state index contributed by atoms with van der Waals surface area (Å²) in [6.45, 7) is 2.23. The molecular weight excluding hydrogens is 247 g/mol. The molecule has 0 saturated heterocycles. The summed E-state index contributed by atoms with van der Waals surface area (Å²) in [5.41, 5.74) is 6.42. The monoisotopic (exact) mass is 268 g/mol. The number of hydrogen-bond acceptors (Lipinski definition) is 3. The molecule has 0 heterocycles. The van der Waals surface area contributed by atoms with Gasteiger partial charge in [0.15, 0.2) is 0 Å². The second kappa shape index (κ2) is 7.86. The van der Waals surface area contributed by atoms with Gasteiger partial charge in [0.2, 0.25) is 5.91 Å². The van der Waals surface area contributed by atoms with E-state index < -0.39 is 0 Å². The quantitative estimate of drug-likeness (QED) is 0.792. The summed E-state index contributed by atoms with van der Waals surface area (Å²) in [7, 11) is 1.56. The van der Waals surface area contributed by atoms with Crippen molar-refractivity contribution in [3.63, 3.8) is 0 Å². The van der Waals surface area contributed by atoms with Gasteiger partial charge in [0, 0.05) is 26.1 Å². The van der Waals surface area contributed by atoms with E-state index in [4.69, 9.17) is 10.5 Å². The van der Waals surface area contributed by atoms with Gasteiger partial charge in [0.25, 0.3) is 0 Å². The molecule has 106 valence electrons. The number of methoxy groups -OCH3 is 1. The Balaban J connectivity index is 2.44. The topological polar surface area (TPSA) is 64.3 Å². The molecule has 1 amide bonds. The number of hydrogen-bond donors (Lipinski definition) is 2. The fraction of sp³-hybridized carbons (Fsp3) is 0.500. The van der Waals surface area contributed by atoms with Crippen LogP contribution >= 0.6 is 0 Å². The van der Waals surface area contributed by atoms with Gasteiger partial charge in [-0.05, 0) is 31.0 Å². The van der Waals surface area contributed by atoms with E-state index in [0.29, 0.717) is 19.4 Å². The van der Waals surface area contributed by atoms with Crippen LogP contribution in [0.1, 0.15) is 31.4 Å². The van der Waals surface area contributed by atoms with Crippen LogP contribution in [0, 0.1) is 5.82 Å². The zero-order valence-corrected chi connectivity index (χ0v) is 11.4. The molecule has 0 fully saturated rings. The first-order valence-corrected chi connectivity index (χ1v) is 6.33. The summed E-state index contributed by atoms with van der Waals surface area (Å²) in [5, 5.41) is 2.79. The average Bonchev–Trinajstić information content (AvgIpc) is 2.39. The van der Waals surface area contributed by atoms with Gasteiger partial charge >= 0.3 is 0 Å². The lowest BCUT2D eigenvalue weighted by Gasteiger charge is -2.16. The Morgan fingerprint density at radius 2 is 2.05 bits per heavy atom. The third-order valence-electron chi connectivity index (χ3n) is 2.84. The minimum absolute atomic E-state index is 0.0149. The largest absolute Gasteiger partial charge is 0.375 e.